The van der Waals surface area contributed by atoms with Crippen molar-refractivity contribution >= 4 is 27.8 Å². The molecule has 0 spiro atoms. The van der Waals surface area contributed by atoms with E-state index in [-0.39, 0.29) is 5.92 Å². The Balaban J connectivity index is 2.78. The zero-order valence-electron chi connectivity index (χ0n) is 9.57. The Kier molecular flexibility index (Phi) is 4.74. The standard InChI is InChI=1S/C11H14BrNO4/c1-3-6(2)8(11(15)16)13-10(14)7-4-5-17-9(7)12/h4-6,8H,3H2,1-2H3,(H,13,14)(H,15,16)/t6-,8-/m0/s1. The molecule has 0 fully saturated rings. The second-order valence-electron chi connectivity index (χ2n) is 3.78. The second kappa shape index (κ2) is 5.86. The lowest BCUT2D eigenvalue weighted by Gasteiger charge is -2.19. The minimum Gasteiger partial charge on any atom is -0.480 e. The van der Waals surface area contributed by atoms with Crippen molar-refractivity contribution in [3.63, 3.8) is 0 Å². The predicted molar refractivity (Wildman–Crippen MR) is 64.8 cm³/mol. The molecule has 1 aromatic rings. The number of carbonyl (C=O) groups is 2. The van der Waals surface area contributed by atoms with Gasteiger partial charge in [0, 0.05) is 0 Å². The van der Waals surface area contributed by atoms with Crippen molar-refractivity contribution in [2.24, 2.45) is 5.92 Å². The van der Waals surface area contributed by atoms with Crippen LogP contribution in [-0.4, -0.2) is 23.0 Å². The maximum atomic E-state index is 11.8. The van der Waals surface area contributed by atoms with Gasteiger partial charge in [-0.3, -0.25) is 4.79 Å². The first kappa shape index (κ1) is 13.8. The number of amides is 1. The largest absolute Gasteiger partial charge is 0.480 e. The Bertz CT molecular complexity index is 415. The first-order valence-electron chi connectivity index (χ1n) is 5.24. The van der Waals surface area contributed by atoms with Gasteiger partial charge in [0.15, 0.2) is 4.67 Å². The van der Waals surface area contributed by atoms with E-state index in [1.165, 1.54) is 12.3 Å². The summed E-state index contributed by atoms with van der Waals surface area (Å²) in [6.07, 6.45) is 2.03. The molecule has 5 nitrogen and oxygen atoms in total. The average molecular weight is 304 g/mol. The normalized spacial score (nSPS) is 14.1. The van der Waals surface area contributed by atoms with Crippen LogP contribution in [0.25, 0.3) is 0 Å². The molecule has 1 rings (SSSR count). The van der Waals surface area contributed by atoms with Crippen LogP contribution in [0.5, 0.6) is 0 Å². The van der Waals surface area contributed by atoms with E-state index in [9.17, 15) is 9.59 Å². The van der Waals surface area contributed by atoms with E-state index in [0.717, 1.165) is 0 Å². The van der Waals surface area contributed by atoms with Gasteiger partial charge in [-0.05, 0) is 27.9 Å². The lowest BCUT2D eigenvalue weighted by atomic mass is 9.99. The number of hydrogen-bond donors (Lipinski definition) is 2. The van der Waals surface area contributed by atoms with Gasteiger partial charge in [-0.2, -0.15) is 0 Å². The number of carboxylic acid groups (broad SMARTS) is 1. The molecule has 6 heteroatoms. The summed E-state index contributed by atoms with van der Waals surface area (Å²) in [5.41, 5.74) is 0.291. The van der Waals surface area contributed by atoms with E-state index in [2.05, 4.69) is 21.2 Å². The Morgan fingerprint density at radius 3 is 2.65 bits per heavy atom. The van der Waals surface area contributed by atoms with Crippen molar-refractivity contribution in [1.29, 1.82) is 0 Å². The molecule has 2 atom stereocenters. The Labute approximate surface area is 107 Å². The van der Waals surface area contributed by atoms with Crippen LogP contribution in [0.2, 0.25) is 0 Å². The summed E-state index contributed by atoms with van der Waals surface area (Å²) in [6, 6.07) is 0.587. The van der Waals surface area contributed by atoms with Crippen LogP contribution in [0.15, 0.2) is 21.4 Å². The monoisotopic (exact) mass is 303 g/mol. The fourth-order valence-electron chi connectivity index (χ4n) is 1.36. The Morgan fingerprint density at radius 1 is 1.59 bits per heavy atom. The third-order valence-electron chi connectivity index (χ3n) is 2.63. The molecule has 0 aliphatic carbocycles. The fourth-order valence-corrected chi connectivity index (χ4v) is 1.78. The lowest BCUT2D eigenvalue weighted by Crippen LogP contribution is -2.45. The SMILES string of the molecule is CC[C@H](C)[C@H](NC(=O)c1ccoc1Br)C(=O)O. The minimum atomic E-state index is -1.03. The molecular weight excluding hydrogens is 290 g/mol. The van der Waals surface area contributed by atoms with Gasteiger partial charge in [-0.1, -0.05) is 20.3 Å². The molecule has 94 valence electrons. The van der Waals surface area contributed by atoms with Crippen molar-refractivity contribution in [2.75, 3.05) is 0 Å². The highest BCUT2D eigenvalue weighted by Gasteiger charge is 2.26. The van der Waals surface area contributed by atoms with Crippen LogP contribution in [0.3, 0.4) is 0 Å². The zero-order valence-corrected chi connectivity index (χ0v) is 11.2. The van der Waals surface area contributed by atoms with Crippen molar-refractivity contribution in [3.05, 3.63) is 22.6 Å². The molecule has 0 bridgehead atoms. The summed E-state index contributed by atoms with van der Waals surface area (Å²) in [7, 11) is 0. The lowest BCUT2D eigenvalue weighted by molar-refractivity contribution is -0.140. The molecule has 0 aromatic carbocycles. The molecular formula is C11H14BrNO4. The highest BCUT2D eigenvalue weighted by molar-refractivity contribution is 9.10. The first-order valence-corrected chi connectivity index (χ1v) is 6.03. The molecule has 1 heterocycles. The quantitative estimate of drug-likeness (QED) is 0.874. The van der Waals surface area contributed by atoms with Gasteiger partial charge in [-0.25, -0.2) is 4.79 Å². The second-order valence-corrected chi connectivity index (χ2v) is 4.50. The molecule has 0 saturated heterocycles. The van der Waals surface area contributed by atoms with Crippen LogP contribution in [0.4, 0.5) is 0 Å². The van der Waals surface area contributed by atoms with E-state index in [4.69, 9.17) is 9.52 Å². The summed E-state index contributed by atoms with van der Waals surface area (Å²) in [4.78, 5) is 22.8. The third-order valence-corrected chi connectivity index (χ3v) is 3.24. The first-order chi connectivity index (χ1) is 7.97. The zero-order chi connectivity index (χ0) is 13.0. The maximum absolute atomic E-state index is 11.8. The molecule has 0 aliphatic rings. The number of carbonyl (C=O) groups excluding carboxylic acids is 1. The van der Waals surface area contributed by atoms with Crippen molar-refractivity contribution in [3.8, 4) is 0 Å². The molecule has 1 aromatic heterocycles. The van der Waals surface area contributed by atoms with Crippen LogP contribution >= 0.6 is 15.9 Å². The Hall–Kier alpha value is -1.30. The van der Waals surface area contributed by atoms with Crippen LogP contribution in [0.1, 0.15) is 30.6 Å². The number of halogens is 1. The molecule has 2 N–H and O–H groups in total. The van der Waals surface area contributed by atoms with Crippen molar-refractivity contribution in [1.82, 2.24) is 5.32 Å². The van der Waals surface area contributed by atoms with E-state index < -0.39 is 17.9 Å². The number of hydrogen-bond acceptors (Lipinski definition) is 3. The van der Waals surface area contributed by atoms with E-state index in [1.54, 1.807) is 6.92 Å². The summed E-state index contributed by atoms with van der Waals surface area (Å²) < 4.78 is 5.22. The average Bonchev–Trinajstić information content (AvgIpc) is 2.70. The van der Waals surface area contributed by atoms with Crippen LogP contribution < -0.4 is 5.32 Å². The van der Waals surface area contributed by atoms with E-state index in [1.807, 2.05) is 6.92 Å². The van der Waals surface area contributed by atoms with Gasteiger partial charge in [0.1, 0.15) is 6.04 Å². The number of furan rings is 1. The number of aliphatic carboxylic acids is 1. The summed E-state index contributed by atoms with van der Waals surface area (Å²) in [5, 5.41) is 11.5. The molecule has 17 heavy (non-hydrogen) atoms. The predicted octanol–water partition coefficient (Wildman–Crippen LogP) is 2.27. The van der Waals surface area contributed by atoms with Gasteiger partial charge < -0.3 is 14.8 Å². The highest BCUT2D eigenvalue weighted by Crippen LogP contribution is 2.18. The Morgan fingerprint density at radius 2 is 2.24 bits per heavy atom. The van der Waals surface area contributed by atoms with Gasteiger partial charge in [0.05, 0.1) is 11.8 Å². The topological polar surface area (TPSA) is 79.5 Å². The van der Waals surface area contributed by atoms with Crippen LogP contribution in [-0.2, 0) is 4.79 Å². The van der Waals surface area contributed by atoms with Gasteiger partial charge in [0.2, 0.25) is 0 Å². The molecule has 0 unspecified atom stereocenters. The van der Waals surface area contributed by atoms with Crippen LogP contribution in [0, 0.1) is 5.92 Å². The van der Waals surface area contributed by atoms with E-state index in [0.29, 0.717) is 16.7 Å². The third kappa shape index (κ3) is 3.33. The smallest absolute Gasteiger partial charge is 0.326 e. The maximum Gasteiger partial charge on any atom is 0.326 e. The molecule has 1 amide bonds. The minimum absolute atomic E-state index is 0.137. The summed E-state index contributed by atoms with van der Waals surface area (Å²) >= 11 is 3.07. The van der Waals surface area contributed by atoms with E-state index >= 15 is 0 Å². The molecule has 0 radical (unpaired) electrons. The number of rotatable bonds is 5. The number of carboxylic acids is 1. The van der Waals surface area contributed by atoms with Crippen molar-refractivity contribution in [2.45, 2.75) is 26.3 Å². The van der Waals surface area contributed by atoms with Crippen molar-refractivity contribution < 1.29 is 19.1 Å². The number of nitrogens with one attached hydrogen (secondary N) is 1. The molecule has 0 aliphatic heterocycles. The van der Waals surface area contributed by atoms with Gasteiger partial charge in [-0.15, -0.1) is 0 Å². The molecule has 0 saturated carbocycles. The highest BCUT2D eigenvalue weighted by atomic mass is 79.9. The summed E-state index contributed by atoms with van der Waals surface area (Å²) in [6.45, 7) is 3.66. The van der Waals surface area contributed by atoms with Gasteiger partial charge >= 0.3 is 5.97 Å². The summed E-state index contributed by atoms with van der Waals surface area (Å²) in [5.74, 6) is -1.63. The van der Waals surface area contributed by atoms with Gasteiger partial charge in [0.25, 0.3) is 5.91 Å². The fraction of sp³-hybridized carbons (Fsp3) is 0.455.